The van der Waals surface area contributed by atoms with Gasteiger partial charge in [0.15, 0.2) is 12.1 Å². The van der Waals surface area contributed by atoms with E-state index in [2.05, 4.69) is 32.2 Å². The second-order valence-electron chi connectivity index (χ2n) is 5.00. The zero-order valence-corrected chi connectivity index (χ0v) is 10.5. The first-order chi connectivity index (χ1) is 9.08. The SMILES string of the molecule is CC1(c2ccn[c]n2)NC(=O)NC12CCNCC2=O. The van der Waals surface area contributed by atoms with E-state index in [4.69, 9.17) is 0 Å². The molecule has 7 nitrogen and oxygen atoms in total. The molecule has 2 saturated heterocycles. The van der Waals surface area contributed by atoms with Crippen molar-refractivity contribution in [2.24, 2.45) is 0 Å². The first-order valence-electron chi connectivity index (χ1n) is 6.12. The molecule has 3 rings (SSSR count). The van der Waals surface area contributed by atoms with E-state index in [-0.39, 0.29) is 18.4 Å². The molecule has 3 heterocycles. The van der Waals surface area contributed by atoms with Crippen molar-refractivity contribution >= 4 is 11.8 Å². The highest BCUT2D eigenvalue weighted by Crippen LogP contribution is 2.39. The van der Waals surface area contributed by atoms with Crippen LogP contribution in [0.25, 0.3) is 0 Å². The summed E-state index contributed by atoms with van der Waals surface area (Å²) >= 11 is 0. The first-order valence-corrected chi connectivity index (χ1v) is 6.12. The third-order valence-corrected chi connectivity index (χ3v) is 4.03. The van der Waals surface area contributed by atoms with Crippen LogP contribution in [0.5, 0.6) is 0 Å². The zero-order chi connectivity index (χ0) is 13.5. The average molecular weight is 260 g/mol. The normalized spacial score (nSPS) is 34.2. The molecular weight excluding hydrogens is 246 g/mol. The molecular formula is C12H14N5O2. The molecule has 2 fully saturated rings. The summed E-state index contributed by atoms with van der Waals surface area (Å²) in [5, 5.41) is 8.64. The van der Waals surface area contributed by atoms with Crippen molar-refractivity contribution in [2.45, 2.75) is 24.4 Å². The van der Waals surface area contributed by atoms with Gasteiger partial charge < -0.3 is 16.0 Å². The number of piperidine rings is 1. The Bertz CT molecular complexity index is 534. The number of rotatable bonds is 1. The van der Waals surface area contributed by atoms with Crippen LogP contribution in [0, 0.1) is 6.33 Å². The minimum atomic E-state index is -0.961. The van der Waals surface area contributed by atoms with Gasteiger partial charge in [-0.3, -0.25) is 4.79 Å². The third-order valence-electron chi connectivity index (χ3n) is 4.03. The molecule has 1 radical (unpaired) electrons. The maximum Gasteiger partial charge on any atom is 0.316 e. The molecule has 0 aliphatic carbocycles. The molecule has 7 heteroatoms. The van der Waals surface area contributed by atoms with Gasteiger partial charge in [-0.1, -0.05) is 0 Å². The summed E-state index contributed by atoms with van der Waals surface area (Å²) < 4.78 is 0. The van der Waals surface area contributed by atoms with Crippen molar-refractivity contribution in [2.75, 3.05) is 13.1 Å². The van der Waals surface area contributed by atoms with Crippen LogP contribution in [-0.4, -0.2) is 40.4 Å². The fraction of sp³-hybridized carbons (Fsp3) is 0.500. The van der Waals surface area contributed by atoms with Crippen LogP contribution < -0.4 is 16.0 Å². The number of carbonyl (C=O) groups excluding carboxylic acids is 2. The zero-order valence-electron chi connectivity index (χ0n) is 10.5. The van der Waals surface area contributed by atoms with Crippen LogP contribution in [0.2, 0.25) is 0 Å². The molecule has 0 aromatic carbocycles. The van der Waals surface area contributed by atoms with Crippen LogP contribution in [0.15, 0.2) is 12.3 Å². The van der Waals surface area contributed by atoms with Crippen LogP contribution in [-0.2, 0) is 10.3 Å². The summed E-state index contributed by atoms with van der Waals surface area (Å²) in [6.45, 7) is 2.72. The molecule has 1 aromatic rings. The fourth-order valence-corrected chi connectivity index (χ4v) is 2.94. The summed E-state index contributed by atoms with van der Waals surface area (Å²) in [6.07, 6.45) is 4.58. The lowest BCUT2D eigenvalue weighted by Gasteiger charge is -2.42. The van der Waals surface area contributed by atoms with Gasteiger partial charge >= 0.3 is 6.03 Å². The van der Waals surface area contributed by atoms with Crippen molar-refractivity contribution in [3.63, 3.8) is 0 Å². The van der Waals surface area contributed by atoms with Gasteiger partial charge in [-0.05, 0) is 26.0 Å². The maximum absolute atomic E-state index is 12.4. The number of ketones is 1. The molecule has 99 valence electrons. The maximum atomic E-state index is 12.4. The van der Waals surface area contributed by atoms with Crippen molar-refractivity contribution < 1.29 is 9.59 Å². The Labute approximate surface area is 110 Å². The Kier molecular flexibility index (Phi) is 2.53. The third kappa shape index (κ3) is 1.54. The highest BCUT2D eigenvalue weighted by molar-refractivity contribution is 5.99. The van der Waals surface area contributed by atoms with Gasteiger partial charge in [0.25, 0.3) is 0 Å². The quantitative estimate of drug-likeness (QED) is 0.608. The molecule has 1 aromatic heterocycles. The van der Waals surface area contributed by atoms with Gasteiger partial charge in [-0.2, -0.15) is 0 Å². The summed E-state index contributed by atoms with van der Waals surface area (Å²) in [4.78, 5) is 32.0. The molecule has 0 bridgehead atoms. The fourth-order valence-electron chi connectivity index (χ4n) is 2.94. The number of urea groups is 1. The number of aromatic nitrogens is 2. The van der Waals surface area contributed by atoms with Crippen molar-refractivity contribution in [3.8, 4) is 0 Å². The second-order valence-corrected chi connectivity index (χ2v) is 5.00. The number of hydrogen-bond donors (Lipinski definition) is 3. The highest BCUT2D eigenvalue weighted by atomic mass is 16.2. The highest BCUT2D eigenvalue weighted by Gasteiger charge is 2.61. The number of hydrogen-bond acceptors (Lipinski definition) is 5. The van der Waals surface area contributed by atoms with Crippen LogP contribution in [0.1, 0.15) is 19.0 Å². The van der Waals surface area contributed by atoms with Gasteiger partial charge in [0.05, 0.1) is 12.2 Å². The van der Waals surface area contributed by atoms with Crippen LogP contribution in [0.4, 0.5) is 4.79 Å². The predicted molar refractivity (Wildman–Crippen MR) is 65.1 cm³/mol. The number of nitrogens with one attached hydrogen (secondary N) is 3. The average Bonchev–Trinajstić information content (AvgIpc) is 2.67. The minimum absolute atomic E-state index is 0.0433. The van der Waals surface area contributed by atoms with Crippen LogP contribution in [0.3, 0.4) is 0 Å². The summed E-state index contributed by atoms with van der Waals surface area (Å²) in [5.74, 6) is -0.0433. The largest absolute Gasteiger partial charge is 0.324 e. The smallest absolute Gasteiger partial charge is 0.316 e. The molecule has 2 aliphatic rings. The molecule has 0 saturated carbocycles. The molecule has 1 spiro atoms. The van der Waals surface area contributed by atoms with Crippen LogP contribution >= 0.6 is 0 Å². The predicted octanol–water partition coefficient (Wildman–Crippen LogP) is -0.894. The Morgan fingerprint density at radius 3 is 2.89 bits per heavy atom. The molecule has 2 aliphatic heterocycles. The molecule has 2 amide bonds. The van der Waals surface area contributed by atoms with Crippen molar-refractivity contribution in [1.29, 1.82) is 0 Å². The Balaban J connectivity index is 2.12. The van der Waals surface area contributed by atoms with Crippen molar-refractivity contribution in [3.05, 3.63) is 24.3 Å². The standard InChI is InChI=1S/C12H14N5O2/c1-11(8-2-4-14-7-15-8)12(17-10(19)16-11)3-5-13-6-9(12)18/h2,4,13H,3,5-6H2,1H3,(H2,16,17,19). The van der Waals surface area contributed by atoms with E-state index >= 15 is 0 Å². The Morgan fingerprint density at radius 1 is 1.37 bits per heavy atom. The molecule has 2 unspecified atom stereocenters. The van der Waals surface area contributed by atoms with E-state index in [1.54, 1.807) is 12.3 Å². The lowest BCUT2D eigenvalue weighted by atomic mass is 9.70. The van der Waals surface area contributed by atoms with E-state index in [1.165, 1.54) is 0 Å². The van der Waals surface area contributed by atoms with Gasteiger partial charge in [-0.25, -0.2) is 14.8 Å². The number of carbonyl (C=O) groups is 2. The minimum Gasteiger partial charge on any atom is -0.324 e. The van der Waals surface area contributed by atoms with E-state index in [0.29, 0.717) is 18.7 Å². The van der Waals surface area contributed by atoms with E-state index in [1.807, 2.05) is 6.92 Å². The number of amides is 2. The monoisotopic (exact) mass is 260 g/mol. The molecule has 19 heavy (non-hydrogen) atoms. The molecule has 2 atom stereocenters. The lowest BCUT2D eigenvalue weighted by molar-refractivity contribution is -0.128. The second kappa shape index (κ2) is 3.99. The summed E-state index contributed by atoms with van der Waals surface area (Å²) in [7, 11) is 0. The molecule has 3 N–H and O–H groups in total. The van der Waals surface area contributed by atoms with E-state index in [9.17, 15) is 9.59 Å². The lowest BCUT2D eigenvalue weighted by Crippen LogP contribution is -2.66. The summed E-state index contributed by atoms with van der Waals surface area (Å²) in [6, 6.07) is 1.34. The van der Waals surface area contributed by atoms with Gasteiger partial charge in [0, 0.05) is 6.20 Å². The van der Waals surface area contributed by atoms with Gasteiger partial charge in [0.1, 0.15) is 11.1 Å². The summed E-state index contributed by atoms with van der Waals surface area (Å²) in [5.41, 5.74) is -1.27. The Morgan fingerprint density at radius 2 is 2.21 bits per heavy atom. The topological polar surface area (TPSA) is 96.0 Å². The van der Waals surface area contributed by atoms with E-state index in [0.717, 1.165) is 0 Å². The first kappa shape index (κ1) is 12.0. The number of nitrogens with zero attached hydrogens (tertiary/aromatic N) is 2. The Hall–Kier alpha value is -2.02. The van der Waals surface area contributed by atoms with Crippen molar-refractivity contribution in [1.82, 2.24) is 25.9 Å². The number of Topliss-reactive ketones (excluding diaryl/α,β-unsaturated/α-hetero) is 1. The van der Waals surface area contributed by atoms with Gasteiger partial charge in [-0.15, -0.1) is 0 Å². The van der Waals surface area contributed by atoms with E-state index < -0.39 is 11.1 Å². The van der Waals surface area contributed by atoms with Gasteiger partial charge in [0.2, 0.25) is 0 Å².